The molecular formula is C5H11NS3. The highest BCUT2D eigenvalue weighted by Gasteiger charge is 2.45. The molecule has 0 saturated carbocycles. The zero-order chi connectivity index (χ0) is 6.74. The lowest BCUT2D eigenvalue weighted by molar-refractivity contribution is 0.791. The highest BCUT2D eigenvalue weighted by Crippen LogP contribution is 2.68. The summed E-state index contributed by atoms with van der Waals surface area (Å²) in [6.45, 7) is 5.42. The minimum atomic E-state index is 0.351. The van der Waals surface area contributed by atoms with Gasteiger partial charge in [0.15, 0.2) is 3.54 Å². The number of nitrogens with one attached hydrogen (secondary N) is 1. The first kappa shape index (κ1) is 8.11. The first-order valence-electron chi connectivity index (χ1n) is 3.09. The van der Waals surface area contributed by atoms with Crippen molar-refractivity contribution < 1.29 is 0 Å². The second kappa shape index (κ2) is 3.42. The molecular weight excluding hydrogens is 170 g/mol. The van der Waals surface area contributed by atoms with Crippen molar-refractivity contribution in [2.75, 3.05) is 12.3 Å². The van der Waals surface area contributed by atoms with Crippen LogP contribution in [0.4, 0.5) is 0 Å². The summed E-state index contributed by atoms with van der Waals surface area (Å²) in [5.41, 5.74) is 0. The Hall–Kier alpha value is 1.01. The van der Waals surface area contributed by atoms with E-state index in [1.165, 1.54) is 5.75 Å². The van der Waals surface area contributed by atoms with E-state index in [9.17, 15) is 0 Å². The normalized spacial score (nSPS) is 22.0. The van der Waals surface area contributed by atoms with Crippen molar-refractivity contribution >= 4 is 33.3 Å². The Morgan fingerprint density at radius 2 is 2.11 bits per heavy atom. The highest BCUT2D eigenvalue weighted by atomic mass is 33.2. The van der Waals surface area contributed by atoms with Gasteiger partial charge in [0.05, 0.1) is 0 Å². The minimum absolute atomic E-state index is 0.351. The second-order valence-electron chi connectivity index (χ2n) is 1.69. The molecule has 0 atom stereocenters. The lowest BCUT2D eigenvalue weighted by Crippen LogP contribution is -2.24. The summed E-state index contributed by atoms with van der Waals surface area (Å²) in [7, 11) is 3.87. The Morgan fingerprint density at radius 1 is 1.44 bits per heavy atom. The van der Waals surface area contributed by atoms with Crippen LogP contribution in [0.3, 0.4) is 0 Å². The van der Waals surface area contributed by atoms with Crippen LogP contribution in [0.5, 0.6) is 0 Å². The molecule has 1 saturated heterocycles. The van der Waals surface area contributed by atoms with Gasteiger partial charge in [-0.25, -0.2) is 0 Å². The largest absolute Gasteiger partial charge is 0.285 e. The highest BCUT2D eigenvalue weighted by molar-refractivity contribution is 8.97. The van der Waals surface area contributed by atoms with Gasteiger partial charge in [0, 0.05) is 0 Å². The molecule has 0 aromatic heterocycles. The Bertz CT molecular complexity index is 84.2. The van der Waals surface area contributed by atoms with Crippen molar-refractivity contribution in [2.45, 2.75) is 17.4 Å². The maximum Gasteiger partial charge on any atom is 0.179 e. The van der Waals surface area contributed by atoms with Crippen LogP contribution in [0, 0.1) is 0 Å². The Labute approximate surface area is 68.5 Å². The van der Waals surface area contributed by atoms with E-state index in [0.717, 1.165) is 6.54 Å². The van der Waals surface area contributed by atoms with E-state index >= 15 is 0 Å². The number of rotatable bonds is 4. The summed E-state index contributed by atoms with van der Waals surface area (Å²) < 4.78 is 0.351. The second-order valence-corrected chi connectivity index (χ2v) is 6.50. The predicted octanol–water partition coefficient (Wildman–Crippen LogP) is 2.36. The molecule has 0 aromatic rings. The topological polar surface area (TPSA) is 12.0 Å². The summed E-state index contributed by atoms with van der Waals surface area (Å²) in [6.07, 6.45) is 0. The molecule has 54 valence electrons. The standard InChI is InChI=1S/C5H11NS3/c1-3-6-5(7-4-2)8-9-5/h6H,3-4H2,1-2H3. The average molecular weight is 181 g/mol. The first-order valence-corrected chi connectivity index (χ1v) is 6.22. The number of thioether (sulfide) groups is 1. The van der Waals surface area contributed by atoms with E-state index in [1.54, 1.807) is 0 Å². The van der Waals surface area contributed by atoms with Crippen LogP contribution in [0.1, 0.15) is 13.8 Å². The van der Waals surface area contributed by atoms with E-state index < -0.39 is 0 Å². The van der Waals surface area contributed by atoms with Gasteiger partial charge in [0.25, 0.3) is 0 Å². The van der Waals surface area contributed by atoms with Crippen LogP contribution in [0.2, 0.25) is 0 Å². The van der Waals surface area contributed by atoms with Gasteiger partial charge in [-0.05, 0) is 33.9 Å². The molecule has 0 aliphatic carbocycles. The van der Waals surface area contributed by atoms with Crippen molar-refractivity contribution in [1.82, 2.24) is 5.32 Å². The molecule has 1 fully saturated rings. The van der Waals surface area contributed by atoms with Gasteiger partial charge in [-0.2, -0.15) is 0 Å². The molecule has 0 bridgehead atoms. The Kier molecular flexibility index (Phi) is 3.08. The Balaban J connectivity index is 2.17. The molecule has 0 amide bonds. The lowest BCUT2D eigenvalue weighted by Gasteiger charge is -2.08. The van der Waals surface area contributed by atoms with E-state index in [1.807, 2.05) is 33.3 Å². The van der Waals surface area contributed by atoms with Gasteiger partial charge >= 0.3 is 0 Å². The quantitative estimate of drug-likeness (QED) is 0.406. The minimum Gasteiger partial charge on any atom is -0.285 e. The third-order valence-corrected chi connectivity index (χ3v) is 5.87. The monoisotopic (exact) mass is 181 g/mol. The zero-order valence-electron chi connectivity index (χ0n) is 5.64. The van der Waals surface area contributed by atoms with E-state index in [0.29, 0.717) is 3.54 Å². The summed E-state index contributed by atoms with van der Waals surface area (Å²) >= 11 is 1.98. The fraction of sp³-hybridized carbons (Fsp3) is 1.00. The zero-order valence-corrected chi connectivity index (χ0v) is 8.09. The van der Waals surface area contributed by atoms with Gasteiger partial charge in [0.1, 0.15) is 0 Å². The van der Waals surface area contributed by atoms with Gasteiger partial charge in [0.2, 0.25) is 0 Å². The van der Waals surface area contributed by atoms with Crippen molar-refractivity contribution in [3.8, 4) is 0 Å². The van der Waals surface area contributed by atoms with Crippen molar-refractivity contribution in [2.24, 2.45) is 0 Å². The van der Waals surface area contributed by atoms with Crippen molar-refractivity contribution in [3.05, 3.63) is 0 Å². The molecule has 9 heavy (non-hydrogen) atoms. The van der Waals surface area contributed by atoms with Crippen LogP contribution in [-0.2, 0) is 0 Å². The van der Waals surface area contributed by atoms with Gasteiger partial charge < -0.3 is 0 Å². The van der Waals surface area contributed by atoms with E-state index in [2.05, 4.69) is 19.2 Å². The SMILES string of the molecule is CCNC1(SCC)SS1. The third-order valence-electron chi connectivity index (χ3n) is 0.962. The van der Waals surface area contributed by atoms with Gasteiger partial charge in [-0.15, -0.1) is 11.8 Å². The van der Waals surface area contributed by atoms with Crippen LogP contribution >= 0.6 is 33.3 Å². The fourth-order valence-electron chi connectivity index (χ4n) is 0.602. The molecule has 1 aliphatic heterocycles. The molecule has 0 spiro atoms. The van der Waals surface area contributed by atoms with Gasteiger partial charge in [-0.3, -0.25) is 5.32 Å². The van der Waals surface area contributed by atoms with Gasteiger partial charge in [-0.1, -0.05) is 13.8 Å². The van der Waals surface area contributed by atoms with Crippen molar-refractivity contribution in [1.29, 1.82) is 0 Å². The number of hydrogen-bond acceptors (Lipinski definition) is 4. The fourth-order valence-corrected chi connectivity index (χ4v) is 4.56. The molecule has 0 radical (unpaired) electrons. The van der Waals surface area contributed by atoms with Crippen LogP contribution < -0.4 is 5.32 Å². The molecule has 1 heterocycles. The summed E-state index contributed by atoms with van der Waals surface area (Å²) in [4.78, 5) is 0. The molecule has 0 aromatic carbocycles. The third kappa shape index (κ3) is 2.26. The molecule has 1 rings (SSSR count). The van der Waals surface area contributed by atoms with Crippen LogP contribution in [-0.4, -0.2) is 15.8 Å². The molecule has 1 aliphatic rings. The maximum atomic E-state index is 3.42. The average Bonchev–Trinajstić information content (AvgIpc) is 2.51. The van der Waals surface area contributed by atoms with Crippen LogP contribution in [0.15, 0.2) is 0 Å². The van der Waals surface area contributed by atoms with Crippen molar-refractivity contribution in [3.63, 3.8) is 0 Å². The summed E-state index contributed by atoms with van der Waals surface area (Å²) in [5, 5.41) is 3.42. The van der Waals surface area contributed by atoms with E-state index in [4.69, 9.17) is 0 Å². The molecule has 1 nitrogen and oxygen atoms in total. The first-order chi connectivity index (χ1) is 4.33. The number of hydrogen-bond donors (Lipinski definition) is 1. The molecule has 1 N–H and O–H groups in total. The molecule has 4 heteroatoms. The Morgan fingerprint density at radius 3 is 2.44 bits per heavy atom. The summed E-state index contributed by atoms with van der Waals surface area (Å²) in [5.74, 6) is 1.20. The lowest BCUT2D eigenvalue weighted by atomic mass is 10.8. The molecule has 0 unspecified atom stereocenters. The predicted molar refractivity (Wildman–Crippen MR) is 49.7 cm³/mol. The van der Waals surface area contributed by atoms with E-state index in [-0.39, 0.29) is 0 Å². The van der Waals surface area contributed by atoms with Crippen LogP contribution in [0.25, 0.3) is 0 Å². The smallest absolute Gasteiger partial charge is 0.179 e. The maximum absolute atomic E-state index is 3.42. The summed E-state index contributed by atoms with van der Waals surface area (Å²) in [6, 6.07) is 0.